The Kier molecular flexibility index (Phi) is 23.0. The molecule has 2 aromatic carbocycles. The summed E-state index contributed by atoms with van der Waals surface area (Å²) in [5.41, 5.74) is 17.3. The first-order valence-electron chi connectivity index (χ1n) is 21.1. The fraction of sp³-hybridized carbons (Fsp3) is 0.512. The van der Waals surface area contributed by atoms with E-state index in [4.69, 9.17) is 17.2 Å². The molecule has 0 saturated carbocycles. The van der Waals surface area contributed by atoms with Crippen LogP contribution in [0.5, 0.6) is 5.75 Å². The van der Waals surface area contributed by atoms with Gasteiger partial charge >= 0.3 is 0 Å². The zero-order valence-electron chi connectivity index (χ0n) is 36.7. The average molecular weight is 897 g/mol. The summed E-state index contributed by atoms with van der Waals surface area (Å²) in [5, 5.41) is 38.3. The van der Waals surface area contributed by atoms with Gasteiger partial charge in [-0.15, -0.1) is 0 Å². The predicted molar refractivity (Wildman–Crippen MR) is 234 cm³/mol. The minimum absolute atomic E-state index is 0.0373. The summed E-state index contributed by atoms with van der Waals surface area (Å²) in [6.45, 7) is 5.68. The first-order valence-corrected chi connectivity index (χ1v) is 21.1. The van der Waals surface area contributed by atoms with Crippen LogP contribution < -0.4 is 54.4 Å². The van der Waals surface area contributed by atoms with E-state index in [-0.39, 0.29) is 50.3 Å². The number of carbonyl (C=O) groups is 9. The van der Waals surface area contributed by atoms with Crippen LogP contribution in [0, 0.1) is 5.92 Å². The van der Waals surface area contributed by atoms with Gasteiger partial charge in [-0.2, -0.15) is 0 Å². The molecule has 0 aliphatic rings. The number of aromatic hydroxyl groups is 1. The number of hydrogen-bond donors (Lipinski definition) is 12. The third kappa shape index (κ3) is 19.2. The van der Waals surface area contributed by atoms with E-state index < -0.39 is 102 Å². The number of primary amides is 2. The molecule has 352 valence electrons. The predicted octanol–water partition coefficient (Wildman–Crippen LogP) is -2.47. The van der Waals surface area contributed by atoms with Gasteiger partial charge in [-0.1, -0.05) is 62.7 Å². The maximum atomic E-state index is 13.9. The van der Waals surface area contributed by atoms with Gasteiger partial charge in [0, 0.05) is 26.2 Å². The minimum Gasteiger partial charge on any atom is -0.508 e. The highest BCUT2D eigenvalue weighted by Crippen LogP contribution is 2.13. The maximum Gasteiger partial charge on any atom is 0.245 e. The van der Waals surface area contributed by atoms with E-state index in [0.29, 0.717) is 30.4 Å². The number of amides is 9. The summed E-state index contributed by atoms with van der Waals surface area (Å²) in [5.74, 6) is -7.53. The average Bonchev–Trinajstić information content (AvgIpc) is 3.24. The van der Waals surface area contributed by atoms with Crippen molar-refractivity contribution in [3.05, 3.63) is 65.7 Å². The molecule has 0 bridgehead atoms. The van der Waals surface area contributed by atoms with Crippen molar-refractivity contribution in [3.8, 4) is 5.75 Å². The molecule has 2 aromatic rings. The van der Waals surface area contributed by atoms with Gasteiger partial charge < -0.3 is 64.6 Å². The quantitative estimate of drug-likeness (QED) is 0.0396. The fourth-order valence-corrected chi connectivity index (χ4v) is 6.38. The van der Waals surface area contributed by atoms with Crippen molar-refractivity contribution in [2.24, 2.45) is 23.1 Å². The van der Waals surface area contributed by atoms with Crippen molar-refractivity contribution in [1.29, 1.82) is 0 Å². The van der Waals surface area contributed by atoms with Crippen molar-refractivity contribution in [2.75, 3.05) is 13.1 Å². The number of nitrogens with one attached hydrogen (secondary N) is 7. The Morgan fingerprint density at radius 1 is 0.625 bits per heavy atom. The molecule has 0 fully saturated rings. The highest BCUT2D eigenvalue weighted by molar-refractivity contribution is 5.97. The molecule has 2 rings (SSSR count). The Balaban J connectivity index is 2.33. The summed E-state index contributed by atoms with van der Waals surface area (Å²) in [4.78, 5) is 117. The van der Waals surface area contributed by atoms with Crippen molar-refractivity contribution < 1.29 is 53.4 Å². The number of phenols is 1. The second-order valence-electron chi connectivity index (χ2n) is 15.6. The number of hydrogen-bond acceptors (Lipinski definition) is 12. The highest BCUT2D eigenvalue weighted by Gasteiger charge is 2.35. The van der Waals surface area contributed by atoms with E-state index in [0.717, 1.165) is 0 Å². The summed E-state index contributed by atoms with van der Waals surface area (Å²) in [6, 6.07) is 6.47. The van der Waals surface area contributed by atoms with Gasteiger partial charge in [0.1, 0.15) is 42.0 Å². The van der Waals surface area contributed by atoms with Crippen molar-refractivity contribution in [3.63, 3.8) is 0 Å². The first-order chi connectivity index (χ1) is 30.2. The fourth-order valence-electron chi connectivity index (χ4n) is 6.38. The number of aliphatic hydroxyl groups is 1. The van der Waals surface area contributed by atoms with Gasteiger partial charge in [-0.25, -0.2) is 0 Å². The molecular formula is C43H64N10O11. The smallest absolute Gasteiger partial charge is 0.245 e. The van der Waals surface area contributed by atoms with E-state index >= 15 is 0 Å². The minimum atomic E-state index is -1.68. The Hall–Kier alpha value is -6.61. The molecule has 9 amide bonds. The van der Waals surface area contributed by atoms with Gasteiger partial charge in [0.2, 0.25) is 53.2 Å². The van der Waals surface area contributed by atoms with Crippen LogP contribution in [-0.4, -0.2) is 119 Å². The second-order valence-corrected chi connectivity index (χ2v) is 15.6. The third-order valence-electron chi connectivity index (χ3n) is 10.2. The van der Waals surface area contributed by atoms with E-state index in [2.05, 4.69) is 37.2 Å². The highest BCUT2D eigenvalue weighted by atomic mass is 16.3. The monoisotopic (exact) mass is 896 g/mol. The lowest BCUT2D eigenvalue weighted by Gasteiger charge is -2.29. The maximum absolute atomic E-state index is 13.9. The Morgan fingerprint density at radius 2 is 1.17 bits per heavy atom. The lowest BCUT2D eigenvalue weighted by molar-refractivity contribution is -0.136. The molecule has 0 spiro atoms. The zero-order chi connectivity index (χ0) is 47.9. The van der Waals surface area contributed by atoms with Gasteiger partial charge in [0.25, 0.3) is 0 Å². The molecule has 0 aliphatic carbocycles. The molecule has 64 heavy (non-hydrogen) atoms. The molecule has 21 nitrogen and oxygen atoms in total. The number of unbranched alkanes of at least 4 members (excludes halogenated alkanes) is 1. The van der Waals surface area contributed by atoms with E-state index in [1.807, 2.05) is 6.92 Å². The normalized spacial score (nSPS) is 14.7. The van der Waals surface area contributed by atoms with Crippen molar-refractivity contribution >= 4 is 53.2 Å². The van der Waals surface area contributed by atoms with Crippen LogP contribution in [0.3, 0.4) is 0 Å². The summed E-state index contributed by atoms with van der Waals surface area (Å²) in [6.07, 6.45) is -0.713. The SMILES string of the molecule is CC[C@H](C)[C@H](NC(C)=O)C(=O)N[C@@H](Cc1ccccc1)C(=O)N[C@H](C(=O)N[C@@H](Cc1ccc(O)cc1)C(=O)NCC(=O)N[C@@H](CCCCN)C(=O)N[C@@H](CCC(N)=O)C(N)=O)[C@@H](C)O. The Bertz CT molecular complexity index is 1900. The molecule has 8 atom stereocenters. The Labute approximate surface area is 372 Å². The number of phenolic OH excluding ortho intramolecular Hbond substituents is 1. The number of nitrogens with two attached hydrogens (primary N) is 3. The molecule has 0 aliphatic heterocycles. The Morgan fingerprint density at radius 3 is 1.70 bits per heavy atom. The standard InChI is InChI=1S/C43H64N10O11/c1-5-24(2)36(48-26(4)55)42(63)52-33(21-27-11-7-6-8-12-27)41(62)53-37(25(3)54)43(64)51-32(22-28-14-16-29(56)17-15-28)39(60)47-23-35(58)49-31(13-9-10-20-44)40(61)50-30(38(46)59)18-19-34(45)57/h6-8,11-12,14-17,24-25,30-33,36-37,54,56H,5,9-10,13,18-23,44H2,1-4H3,(H2,45,57)(H2,46,59)(H,47,60)(H,48,55)(H,49,58)(H,50,61)(H,51,64)(H,52,63)(H,53,62)/t24-,25+,30-,31-,32-,33-,36-,37-/m0/s1. The molecule has 15 N–H and O–H groups in total. The second kappa shape index (κ2) is 27.4. The largest absolute Gasteiger partial charge is 0.508 e. The number of aliphatic hydroxyl groups excluding tert-OH is 1. The molecule has 0 radical (unpaired) electrons. The zero-order valence-corrected chi connectivity index (χ0v) is 36.7. The number of benzene rings is 2. The molecular weight excluding hydrogens is 833 g/mol. The van der Waals surface area contributed by atoms with Crippen LogP contribution in [0.4, 0.5) is 0 Å². The van der Waals surface area contributed by atoms with Crippen LogP contribution in [0.25, 0.3) is 0 Å². The van der Waals surface area contributed by atoms with E-state index in [1.165, 1.54) is 38.1 Å². The van der Waals surface area contributed by atoms with Gasteiger partial charge in [-0.3, -0.25) is 43.2 Å². The molecule has 21 heteroatoms. The molecule has 0 unspecified atom stereocenters. The summed E-state index contributed by atoms with van der Waals surface area (Å²) < 4.78 is 0. The van der Waals surface area contributed by atoms with E-state index in [1.54, 1.807) is 37.3 Å². The lowest BCUT2D eigenvalue weighted by Crippen LogP contribution is -2.61. The number of rotatable bonds is 28. The van der Waals surface area contributed by atoms with Gasteiger partial charge in [0.15, 0.2) is 0 Å². The molecule has 0 heterocycles. The lowest BCUT2D eigenvalue weighted by atomic mass is 9.97. The summed E-state index contributed by atoms with van der Waals surface area (Å²) >= 11 is 0. The molecule has 0 saturated heterocycles. The first kappa shape index (κ1) is 53.5. The topological polar surface area (TPSA) is 356 Å². The van der Waals surface area contributed by atoms with Crippen LogP contribution >= 0.6 is 0 Å². The van der Waals surface area contributed by atoms with Crippen LogP contribution in [0.2, 0.25) is 0 Å². The van der Waals surface area contributed by atoms with Gasteiger partial charge in [0.05, 0.1) is 12.6 Å². The van der Waals surface area contributed by atoms with E-state index in [9.17, 15) is 53.4 Å². The van der Waals surface area contributed by atoms with Crippen LogP contribution in [-0.2, 0) is 56.0 Å². The third-order valence-corrected chi connectivity index (χ3v) is 10.2. The molecule has 0 aromatic heterocycles. The summed E-state index contributed by atoms with van der Waals surface area (Å²) in [7, 11) is 0. The van der Waals surface area contributed by atoms with Crippen LogP contribution in [0.1, 0.15) is 77.3 Å². The number of carbonyl (C=O) groups excluding carboxylic acids is 9. The van der Waals surface area contributed by atoms with Crippen molar-refractivity contribution in [1.82, 2.24) is 37.2 Å². The van der Waals surface area contributed by atoms with Crippen molar-refractivity contribution in [2.45, 2.75) is 121 Å². The van der Waals surface area contributed by atoms with Crippen LogP contribution in [0.15, 0.2) is 54.6 Å². The van der Waals surface area contributed by atoms with Gasteiger partial charge in [-0.05, 0) is 68.3 Å².